The van der Waals surface area contributed by atoms with Crippen molar-refractivity contribution in [2.45, 2.75) is 65.0 Å². The maximum Gasteiger partial charge on any atom is 0.410 e. The number of hydrogen-bond donors (Lipinski definition) is 1. The van der Waals surface area contributed by atoms with Crippen LogP contribution in [0.3, 0.4) is 0 Å². The predicted octanol–water partition coefficient (Wildman–Crippen LogP) is 4.82. The molecular formula is C31H44N2O8S. The van der Waals surface area contributed by atoms with Crippen LogP contribution in [0.15, 0.2) is 60.7 Å². The first kappa shape index (κ1) is 33.4. The van der Waals surface area contributed by atoms with Gasteiger partial charge < -0.3 is 24.4 Å². The van der Waals surface area contributed by atoms with Crippen LogP contribution in [0.2, 0.25) is 0 Å². The molecular weight excluding hydrogens is 560 g/mol. The molecule has 10 nitrogen and oxygen atoms in total. The Labute approximate surface area is 249 Å². The molecule has 42 heavy (non-hydrogen) atoms. The Hall–Kier alpha value is -3.15. The van der Waals surface area contributed by atoms with Crippen molar-refractivity contribution >= 4 is 22.3 Å². The van der Waals surface area contributed by atoms with E-state index >= 15 is 0 Å². The lowest BCUT2D eigenvalue weighted by molar-refractivity contribution is 0.0449. The maximum atomic E-state index is 12.2. The fraction of sp³-hybridized carbons (Fsp3) is 0.548. The Bertz CT molecular complexity index is 1210. The third-order valence-electron chi connectivity index (χ3n) is 7.52. The molecule has 0 radical (unpaired) electrons. The highest BCUT2D eigenvalue weighted by Gasteiger charge is 2.30. The summed E-state index contributed by atoms with van der Waals surface area (Å²) in [5.41, 5.74) is 1.92. The summed E-state index contributed by atoms with van der Waals surface area (Å²) in [6.45, 7) is 6.42. The van der Waals surface area contributed by atoms with Gasteiger partial charge in [0.25, 0.3) is 10.1 Å². The second kappa shape index (κ2) is 16.5. The zero-order chi connectivity index (χ0) is 30.5. The van der Waals surface area contributed by atoms with Crippen LogP contribution < -0.4 is 0 Å². The summed E-state index contributed by atoms with van der Waals surface area (Å²) in [5, 5.41) is 9.61. The molecule has 11 heteroatoms. The van der Waals surface area contributed by atoms with Gasteiger partial charge in [0.15, 0.2) is 0 Å². The lowest BCUT2D eigenvalue weighted by Gasteiger charge is -2.34. The van der Waals surface area contributed by atoms with Crippen LogP contribution in [0, 0.1) is 11.8 Å². The zero-order valence-electron chi connectivity index (χ0n) is 24.8. The molecule has 0 spiro atoms. The van der Waals surface area contributed by atoms with Crippen molar-refractivity contribution in [2.24, 2.45) is 11.8 Å². The third kappa shape index (κ3) is 11.6. The molecule has 1 N–H and O–H groups in total. The van der Waals surface area contributed by atoms with Crippen molar-refractivity contribution in [2.75, 3.05) is 32.4 Å². The standard InChI is InChI=1S/C16H23NO5S.C15H21NO3/c1-13(22-23(2,19)20)15-9-6-10-17(11-15)16(18)21-12-14-7-4-3-5-8-14;1-12(17)14-8-5-9-16(10-14)15(18)19-11-13-6-3-2-4-7-13/h3-5,7-8,13,15H,6,9-12H2,1-2H3;2-4,6-7,12,14,17H,5,8-11H2,1H3/t13-,15+;12-,14+/m11/s1. The summed E-state index contributed by atoms with van der Waals surface area (Å²) < 4.78 is 38.1. The number of carbonyl (C=O) groups excluding carboxylic acids is 2. The van der Waals surface area contributed by atoms with Crippen LogP contribution in [-0.4, -0.2) is 80.2 Å². The van der Waals surface area contributed by atoms with Crippen LogP contribution in [0.25, 0.3) is 0 Å². The van der Waals surface area contributed by atoms with E-state index in [0.717, 1.165) is 49.6 Å². The molecule has 2 fully saturated rings. The smallest absolute Gasteiger partial charge is 0.410 e. The molecule has 0 aromatic heterocycles. The maximum absolute atomic E-state index is 12.2. The summed E-state index contributed by atoms with van der Waals surface area (Å²) in [6.07, 6.45) is 3.11. The molecule has 2 amide bonds. The van der Waals surface area contributed by atoms with Crippen LogP contribution in [0.1, 0.15) is 50.7 Å². The second-order valence-electron chi connectivity index (χ2n) is 11.0. The van der Waals surface area contributed by atoms with Crippen LogP contribution in [0.5, 0.6) is 0 Å². The number of aliphatic hydroxyl groups excluding tert-OH is 1. The fourth-order valence-electron chi connectivity index (χ4n) is 5.10. The number of carbonyl (C=O) groups is 2. The highest BCUT2D eigenvalue weighted by atomic mass is 32.2. The summed E-state index contributed by atoms with van der Waals surface area (Å²) in [4.78, 5) is 27.5. The quantitative estimate of drug-likeness (QED) is 0.426. The normalized spacial score (nSPS) is 20.5. The topological polar surface area (TPSA) is 123 Å². The molecule has 2 aliphatic heterocycles. The Balaban J connectivity index is 0.000000235. The van der Waals surface area contributed by atoms with Gasteiger partial charge in [-0.05, 0) is 50.7 Å². The number of aliphatic hydroxyl groups is 1. The second-order valence-corrected chi connectivity index (χ2v) is 12.6. The highest BCUT2D eigenvalue weighted by Crippen LogP contribution is 2.23. The molecule has 2 aliphatic rings. The Morgan fingerprint density at radius 1 is 0.810 bits per heavy atom. The van der Waals surface area contributed by atoms with E-state index in [1.165, 1.54) is 0 Å². The van der Waals surface area contributed by atoms with Gasteiger partial charge in [-0.2, -0.15) is 8.42 Å². The number of benzene rings is 2. The lowest BCUT2D eigenvalue weighted by Crippen LogP contribution is -2.44. The Kier molecular flexibility index (Phi) is 13.1. The Morgan fingerprint density at radius 2 is 1.24 bits per heavy atom. The molecule has 0 saturated carbocycles. The van der Waals surface area contributed by atoms with Crippen molar-refractivity contribution in [3.8, 4) is 0 Å². The van der Waals surface area contributed by atoms with E-state index in [9.17, 15) is 23.1 Å². The fourth-order valence-corrected chi connectivity index (χ4v) is 5.81. The summed E-state index contributed by atoms with van der Waals surface area (Å²) >= 11 is 0. The predicted molar refractivity (Wildman–Crippen MR) is 159 cm³/mol. The van der Waals surface area contributed by atoms with Crippen molar-refractivity contribution in [1.29, 1.82) is 0 Å². The molecule has 2 saturated heterocycles. The van der Waals surface area contributed by atoms with Crippen molar-refractivity contribution < 1.29 is 36.8 Å². The van der Waals surface area contributed by atoms with Crippen molar-refractivity contribution in [3.63, 3.8) is 0 Å². The number of nitrogens with zero attached hydrogens (tertiary/aromatic N) is 2. The van der Waals surface area contributed by atoms with Crippen LogP contribution in [-0.2, 0) is 37.0 Å². The van der Waals surface area contributed by atoms with Crippen molar-refractivity contribution in [3.05, 3.63) is 71.8 Å². The molecule has 2 heterocycles. The van der Waals surface area contributed by atoms with Gasteiger partial charge in [-0.25, -0.2) is 9.59 Å². The summed E-state index contributed by atoms with van der Waals surface area (Å²) in [6, 6.07) is 19.1. The molecule has 2 aromatic carbocycles. The van der Waals surface area contributed by atoms with E-state index in [1.54, 1.807) is 23.6 Å². The van der Waals surface area contributed by atoms with Crippen LogP contribution in [0.4, 0.5) is 9.59 Å². The van der Waals surface area contributed by atoms with Gasteiger partial charge >= 0.3 is 12.2 Å². The molecule has 2 aromatic rings. The minimum atomic E-state index is -3.49. The van der Waals surface area contributed by atoms with Gasteiger partial charge in [0.05, 0.1) is 18.5 Å². The number of ether oxygens (including phenoxy) is 2. The zero-order valence-corrected chi connectivity index (χ0v) is 25.6. The molecule has 232 valence electrons. The van der Waals surface area contributed by atoms with E-state index in [2.05, 4.69) is 0 Å². The number of likely N-dealkylation sites (tertiary alicyclic amines) is 2. The number of hydrogen-bond acceptors (Lipinski definition) is 8. The van der Waals surface area contributed by atoms with E-state index < -0.39 is 16.2 Å². The molecule has 4 rings (SSSR count). The monoisotopic (exact) mass is 604 g/mol. The van der Waals surface area contributed by atoms with E-state index in [4.69, 9.17) is 13.7 Å². The number of amides is 2. The lowest BCUT2D eigenvalue weighted by atomic mass is 9.94. The first-order valence-corrected chi connectivity index (χ1v) is 16.3. The van der Waals surface area contributed by atoms with Gasteiger partial charge in [-0.1, -0.05) is 60.7 Å². The minimum absolute atomic E-state index is 0.0113. The van der Waals surface area contributed by atoms with Gasteiger partial charge in [-0.3, -0.25) is 4.18 Å². The average Bonchev–Trinajstić information content (AvgIpc) is 2.99. The van der Waals surface area contributed by atoms with E-state index in [0.29, 0.717) is 26.2 Å². The van der Waals surface area contributed by atoms with E-state index in [-0.39, 0.29) is 36.7 Å². The molecule has 0 unspecified atom stereocenters. The summed E-state index contributed by atoms with van der Waals surface area (Å²) in [5.74, 6) is 0.153. The SMILES string of the molecule is C[C@@H](O)[C@H]1CCCN(C(=O)OCc2ccccc2)C1.C[C@@H](OS(C)(=O)=O)[C@H]1CCCN(C(=O)OCc2ccccc2)C1. The molecule has 0 aliphatic carbocycles. The minimum Gasteiger partial charge on any atom is -0.445 e. The van der Waals surface area contributed by atoms with E-state index in [1.807, 2.05) is 60.7 Å². The van der Waals surface area contributed by atoms with Gasteiger partial charge in [-0.15, -0.1) is 0 Å². The highest BCUT2D eigenvalue weighted by molar-refractivity contribution is 7.86. The van der Waals surface area contributed by atoms with Crippen LogP contribution >= 0.6 is 0 Å². The third-order valence-corrected chi connectivity index (χ3v) is 8.17. The molecule has 4 atom stereocenters. The molecule has 0 bridgehead atoms. The largest absolute Gasteiger partial charge is 0.445 e. The average molecular weight is 605 g/mol. The number of piperidine rings is 2. The first-order valence-electron chi connectivity index (χ1n) is 14.5. The van der Waals surface area contributed by atoms with Gasteiger partial charge in [0, 0.05) is 38.0 Å². The first-order chi connectivity index (χ1) is 20.0. The van der Waals surface area contributed by atoms with Crippen molar-refractivity contribution in [1.82, 2.24) is 9.80 Å². The van der Waals surface area contributed by atoms with Gasteiger partial charge in [0.2, 0.25) is 0 Å². The summed E-state index contributed by atoms with van der Waals surface area (Å²) in [7, 11) is -3.49. The number of rotatable bonds is 8. The van der Waals surface area contributed by atoms with Gasteiger partial charge in [0.1, 0.15) is 13.2 Å². The Morgan fingerprint density at radius 3 is 1.67 bits per heavy atom.